The zero-order valence-corrected chi connectivity index (χ0v) is 8.68. The van der Waals surface area contributed by atoms with E-state index in [1.807, 2.05) is 0 Å². The molecule has 1 aromatic heterocycles. The molecule has 0 aliphatic carbocycles. The number of nitrogens with zero attached hydrogens (tertiary/aromatic N) is 2. The standard InChI is InChI=1S/C8H9BrF2N2/c1-5(3-9)6-4-13(2)12-7(6)8(10)11/h4,8H,1,3H2,2H3. The summed E-state index contributed by atoms with van der Waals surface area (Å²) in [6.45, 7) is 3.67. The van der Waals surface area contributed by atoms with Crippen LogP contribution in [0.5, 0.6) is 0 Å². The highest BCUT2D eigenvalue weighted by atomic mass is 79.9. The molecule has 1 rings (SSSR count). The lowest BCUT2D eigenvalue weighted by Gasteiger charge is -2.00. The number of halogens is 3. The highest BCUT2D eigenvalue weighted by Crippen LogP contribution is 2.26. The van der Waals surface area contributed by atoms with Crippen molar-refractivity contribution in [3.8, 4) is 0 Å². The Balaban J connectivity index is 3.11. The smallest absolute Gasteiger partial charge is 0.275 e. The fourth-order valence-corrected chi connectivity index (χ4v) is 1.31. The van der Waals surface area contributed by atoms with Crippen molar-refractivity contribution in [2.75, 3.05) is 5.33 Å². The van der Waals surface area contributed by atoms with Crippen molar-refractivity contribution in [1.29, 1.82) is 0 Å². The largest absolute Gasteiger partial charge is 0.282 e. The summed E-state index contributed by atoms with van der Waals surface area (Å²) in [5, 5.41) is 4.13. The second-order valence-corrected chi connectivity index (χ2v) is 3.20. The van der Waals surface area contributed by atoms with Gasteiger partial charge in [0.05, 0.1) is 0 Å². The molecule has 72 valence electrons. The third-order valence-electron chi connectivity index (χ3n) is 1.61. The molecule has 0 N–H and O–H groups in total. The molecule has 0 aliphatic heterocycles. The van der Waals surface area contributed by atoms with Crippen LogP contribution in [0.25, 0.3) is 5.57 Å². The van der Waals surface area contributed by atoms with Crippen molar-refractivity contribution in [2.24, 2.45) is 7.05 Å². The fourth-order valence-electron chi connectivity index (χ4n) is 1.01. The molecule has 0 saturated heterocycles. The predicted octanol–water partition coefficient (Wildman–Crippen LogP) is 2.77. The minimum Gasteiger partial charge on any atom is -0.275 e. The lowest BCUT2D eigenvalue weighted by Crippen LogP contribution is -1.93. The number of allylic oxidation sites excluding steroid dienone is 1. The molecule has 0 aliphatic rings. The molecule has 0 saturated carbocycles. The first-order valence-corrected chi connectivity index (χ1v) is 4.74. The normalized spacial score (nSPS) is 10.8. The van der Waals surface area contributed by atoms with Crippen LogP contribution in [0.15, 0.2) is 12.8 Å². The molecule has 0 unspecified atom stereocenters. The van der Waals surface area contributed by atoms with Gasteiger partial charge in [-0.05, 0) is 5.57 Å². The van der Waals surface area contributed by atoms with Gasteiger partial charge in [0.2, 0.25) is 0 Å². The van der Waals surface area contributed by atoms with E-state index in [0.717, 1.165) is 0 Å². The maximum absolute atomic E-state index is 12.4. The second-order valence-electron chi connectivity index (χ2n) is 2.64. The number of rotatable bonds is 3. The monoisotopic (exact) mass is 250 g/mol. The Bertz CT molecular complexity index is 320. The molecular formula is C8H9BrF2N2. The Morgan fingerprint density at radius 3 is 2.85 bits per heavy atom. The molecule has 1 aromatic rings. The van der Waals surface area contributed by atoms with Crippen molar-refractivity contribution < 1.29 is 8.78 Å². The van der Waals surface area contributed by atoms with Crippen LogP contribution >= 0.6 is 15.9 Å². The van der Waals surface area contributed by atoms with Gasteiger partial charge in [-0.3, -0.25) is 4.68 Å². The zero-order valence-electron chi connectivity index (χ0n) is 7.10. The number of aryl methyl sites for hydroxylation is 1. The van der Waals surface area contributed by atoms with E-state index in [9.17, 15) is 8.78 Å². The van der Waals surface area contributed by atoms with E-state index in [1.165, 1.54) is 4.68 Å². The quantitative estimate of drug-likeness (QED) is 0.755. The summed E-state index contributed by atoms with van der Waals surface area (Å²) < 4.78 is 26.2. The lowest BCUT2D eigenvalue weighted by molar-refractivity contribution is 0.145. The van der Waals surface area contributed by atoms with Crippen LogP contribution in [-0.4, -0.2) is 15.1 Å². The molecule has 1 heterocycles. The molecule has 5 heteroatoms. The summed E-state index contributed by atoms with van der Waals surface area (Å²) in [5.41, 5.74) is 0.838. The average Bonchev–Trinajstić information content (AvgIpc) is 2.46. The Labute approximate surface area is 83.4 Å². The molecule has 0 fully saturated rings. The van der Waals surface area contributed by atoms with Gasteiger partial charge in [0.25, 0.3) is 6.43 Å². The molecule has 0 aromatic carbocycles. The van der Waals surface area contributed by atoms with Crippen LogP contribution in [0.2, 0.25) is 0 Å². The third kappa shape index (κ3) is 2.15. The second kappa shape index (κ2) is 4.00. The van der Waals surface area contributed by atoms with E-state index < -0.39 is 6.43 Å². The van der Waals surface area contributed by atoms with Gasteiger partial charge in [0, 0.05) is 24.1 Å². The summed E-state index contributed by atoms with van der Waals surface area (Å²) in [4.78, 5) is 0. The average molecular weight is 251 g/mol. The maximum Gasteiger partial charge on any atom is 0.282 e. The Kier molecular flexibility index (Phi) is 3.19. The van der Waals surface area contributed by atoms with Crippen LogP contribution in [0.1, 0.15) is 17.7 Å². The van der Waals surface area contributed by atoms with E-state index in [4.69, 9.17) is 0 Å². The van der Waals surface area contributed by atoms with Crippen molar-refractivity contribution in [3.63, 3.8) is 0 Å². The molecule has 0 radical (unpaired) electrons. The van der Waals surface area contributed by atoms with Crippen molar-refractivity contribution in [3.05, 3.63) is 24.0 Å². The van der Waals surface area contributed by atoms with Gasteiger partial charge in [-0.2, -0.15) is 5.10 Å². The summed E-state index contributed by atoms with van der Waals surface area (Å²) in [5.74, 6) is 0. The van der Waals surface area contributed by atoms with Gasteiger partial charge in [0.15, 0.2) is 0 Å². The van der Waals surface area contributed by atoms with Crippen molar-refractivity contribution >= 4 is 21.5 Å². The Morgan fingerprint density at radius 2 is 2.38 bits per heavy atom. The molecule has 0 atom stereocenters. The van der Waals surface area contributed by atoms with E-state index in [1.54, 1.807) is 13.2 Å². The zero-order chi connectivity index (χ0) is 10.0. The maximum atomic E-state index is 12.4. The summed E-state index contributed by atoms with van der Waals surface area (Å²) in [6.07, 6.45) is -1.00. The number of hydrogen-bond donors (Lipinski definition) is 0. The van der Waals surface area contributed by atoms with Gasteiger partial charge < -0.3 is 0 Å². The van der Waals surface area contributed by atoms with Gasteiger partial charge >= 0.3 is 0 Å². The molecule has 2 nitrogen and oxygen atoms in total. The minimum atomic E-state index is -2.55. The number of hydrogen-bond acceptors (Lipinski definition) is 1. The number of alkyl halides is 3. The highest BCUT2D eigenvalue weighted by molar-refractivity contribution is 9.09. The molecule has 0 amide bonds. The highest BCUT2D eigenvalue weighted by Gasteiger charge is 2.18. The third-order valence-corrected chi connectivity index (χ3v) is 2.28. The number of aromatic nitrogens is 2. The van der Waals surface area contributed by atoms with E-state index in [2.05, 4.69) is 27.6 Å². The topological polar surface area (TPSA) is 17.8 Å². The van der Waals surface area contributed by atoms with E-state index in [-0.39, 0.29) is 5.69 Å². The van der Waals surface area contributed by atoms with E-state index >= 15 is 0 Å². The Hall–Kier alpha value is -0.710. The van der Waals surface area contributed by atoms with E-state index in [0.29, 0.717) is 16.5 Å². The lowest BCUT2D eigenvalue weighted by atomic mass is 10.1. The minimum absolute atomic E-state index is 0.202. The van der Waals surface area contributed by atoms with Crippen molar-refractivity contribution in [2.45, 2.75) is 6.43 Å². The van der Waals surface area contributed by atoms with Gasteiger partial charge in [0.1, 0.15) is 5.69 Å². The van der Waals surface area contributed by atoms with Gasteiger partial charge in [-0.15, -0.1) is 0 Å². The SMILES string of the molecule is C=C(CBr)c1cn(C)nc1C(F)F. The Morgan fingerprint density at radius 1 is 1.77 bits per heavy atom. The predicted molar refractivity (Wildman–Crippen MR) is 51.0 cm³/mol. The fraction of sp³-hybridized carbons (Fsp3) is 0.375. The van der Waals surface area contributed by atoms with Crippen LogP contribution in [0.3, 0.4) is 0 Å². The van der Waals surface area contributed by atoms with Crippen LogP contribution in [0, 0.1) is 0 Å². The summed E-state index contributed by atoms with van der Waals surface area (Å²) >= 11 is 3.16. The first-order chi connectivity index (χ1) is 6.06. The first-order valence-electron chi connectivity index (χ1n) is 3.62. The summed E-state index contributed by atoms with van der Waals surface area (Å²) in [6, 6.07) is 0. The molecular weight excluding hydrogens is 242 g/mol. The molecule has 13 heavy (non-hydrogen) atoms. The first kappa shape index (κ1) is 10.4. The van der Waals surface area contributed by atoms with Crippen molar-refractivity contribution in [1.82, 2.24) is 9.78 Å². The van der Waals surface area contributed by atoms with Crippen LogP contribution in [0.4, 0.5) is 8.78 Å². The molecule has 0 spiro atoms. The molecule has 0 bridgehead atoms. The van der Waals surface area contributed by atoms with Gasteiger partial charge in [-0.1, -0.05) is 22.5 Å². The van der Waals surface area contributed by atoms with Crippen LogP contribution < -0.4 is 0 Å². The van der Waals surface area contributed by atoms with Crippen LogP contribution in [-0.2, 0) is 7.05 Å². The van der Waals surface area contributed by atoms with Gasteiger partial charge in [-0.25, -0.2) is 8.78 Å². The summed E-state index contributed by atoms with van der Waals surface area (Å²) in [7, 11) is 1.61.